The van der Waals surface area contributed by atoms with Crippen molar-refractivity contribution >= 4 is 21.7 Å². The summed E-state index contributed by atoms with van der Waals surface area (Å²) in [6, 6.07) is 1.48. The van der Waals surface area contributed by atoms with Gasteiger partial charge in [-0.2, -0.15) is 0 Å². The summed E-state index contributed by atoms with van der Waals surface area (Å²) in [4.78, 5) is 6.26. The molecule has 1 aliphatic rings. The number of rotatable bonds is 5. The van der Waals surface area contributed by atoms with Gasteiger partial charge in [0.15, 0.2) is 11.6 Å². The van der Waals surface area contributed by atoms with Crippen molar-refractivity contribution in [2.24, 2.45) is 11.8 Å². The van der Waals surface area contributed by atoms with Crippen molar-refractivity contribution in [1.29, 1.82) is 0 Å². The van der Waals surface area contributed by atoms with Gasteiger partial charge in [-0.05, 0) is 59.8 Å². The number of hydrogen-bond acceptors (Lipinski definition) is 3. The van der Waals surface area contributed by atoms with Gasteiger partial charge in [-0.1, -0.05) is 13.8 Å². The Morgan fingerprint density at radius 2 is 2.15 bits per heavy atom. The summed E-state index contributed by atoms with van der Waals surface area (Å²) in [6.07, 6.45) is 3.86. The van der Waals surface area contributed by atoms with Crippen LogP contribution in [0.4, 0.5) is 10.2 Å². The molecule has 0 unspecified atom stereocenters. The number of piperidine rings is 1. The Morgan fingerprint density at radius 3 is 2.75 bits per heavy atom. The van der Waals surface area contributed by atoms with Crippen LogP contribution in [-0.2, 0) is 0 Å². The highest BCUT2D eigenvalue weighted by Gasteiger charge is 2.22. The van der Waals surface area contributed by atoms with E-state index in [1.165, 1.54) is 6.07 Å². The zero-order valence-corrected chi connectivity index (χ0v) is 13.8. The van der Waals surface area contributed by atoms with Crippen LogP contribution in [0.5, 0.6) is 0 Å². The summed E-state index contributed by atoms with van der Waals surface area (Å²) in [6.45, 7) is 8.36. The van der Waals surface area contributed by atoms with E-state index in [2.05, 4.69) is 45.0 Å². The lowest BCUT2D eigenvalue weighted by Crippen LogP contribution is -2.38. The normalized spacial score (nSPS) is 16.9. The molecule has 0 radical (unpaired) electrons. The molecule has 0 atom stereocenters. The number of pyridine rings is 1. The van der Waals surface area contributed by atoms with Crippen molar-refractivity contribution in [3.63, 3.8) is 0 Å². The zero-order chi connectivity index (χ0) is 14.5. The van der Waals surface area contributed by atoms with Crippen LogP contribution in [0.2, 0.25) is 0 Å². The molecule has 2 rings (SSSR count). The Labute approximate surface area is 129 Å². The minimum absolute atomic E-state index is 0.240. The lowest BCUT2D eigenvalue weighted by Gasteiger charge is -2.33. The largest absolute Gasteiger partial charge is 0.354 e. The van der Waals surface area contributed by atoms with E-state index in [1.807, 2.05) is 0 Å². The SMILES string of the molecule is CC(C)CNCC1CCN(c2ncc(Br)cc2F)CC1. The first kappa shape index (κ1) is 15.7. The van der Waals surface area contributed by atoms with Crippen molar-refractivity contribution in [1.82, 2.24) is 10.3 Å². The molecule has 0 aliphatic carbocycles. The Hall–Kier alpha value is -0.680. The number of aromatic nitrogens is 1. The Kier molecular flexibility index (Phi) is 5.78. The van der Waals surface area contributed by atoms with Gasteiger partial charge in [0.05, 0.1) is 0 Å². The molecule has 3 nitrogen and oxygen atoms in total. The Balaban J connectivity index is 1.82. The molecule has 1 aliphatic heterocycles. The van der Waals surface area contributed by atoms with Gasteiger partial charge in [-0.3, -0.25) is 0 Å². The van der Waals surface area contributed by atoms with Crippen LogP contribution in [0.3, 0.4) is 0 Å². The second-order valence-electron chi connectivity index (χ2n) is 5.94. The van der Waals surface area contributed by atoms with Gasteiger partial charge < -0.3 is 10.2 Å². The molecule has 1 saturated heterocycles. The van der Waals surface area contributed by atoms with Crippen LogP contribution in [0.1, 0.15) is 26.7 Å². The molecule has 2 heterocycles. The number of hydrogen-bond donors (Lipinski definition) is 1. The van der Waals surface area contributed by atoms with Crippen molar-refractivity contribution in [3.05, 3.63) is 22.6 Å². The van der Waals surface area contributed by atoms with E-state index in [0.29, 0.717) is 22.1 Å². The van der Waals surface area contributed by atoms with Crippen LogP contribution in [0, 0.1) is 17.7 Å². The van der Waals surface area contributed by atoms with Crippen LogP contribution < -0.4 is 10.2 Å². The summed E-state index contributed by atoms with van der Waals surface area (Å²) in [5.74, 6) is 1.64. The van der Waals surface area contributed by atoms with Gasteiger partial charge in [-0.25, -0.2) is 9.37 Å². The van der Waals surface area contributed by atoms with Gasteiger partial charge in [0.25, 0.3) is 0 Å². The van der Waals surface area contributed by atoms with Crippen LogP contribution >= 0.6 is 15.9 Å². The second kappa shape index (κ2) is 7.36. The number of nitrogens with zero attached hydrogens (tertiary/aromatic N) is 2. The van der Waals surface area contributed by atoms with Gasteiger partial charge in [0.1, 0.15) is 0 Å². The molecule has 1 N–H and O–H groups in total. The lowest BCUT2D eigenvalue weighted by molar-refractivity contribution is 0.371. The standard InChI is InChI=1S/C15H23BrFN3/c1-11(2)8-18-9-12-3-5-20(6-4-12)15-14(17)7-13(16)10-19-15/h7,10-12,18H,3-6,8-9H2,1-2H3. The number of halogens is 2. The highest BCUT2D eigenvalue weighted by molar-refractivity contribution is 9.10. The van der Waals surface area contributed by atoms with Crippen molar-refractivity contribution in [2.75, 3.05) is 31.1 Å². The molecule has 0 bridgehead atoms. The minimum Gasteiger partial charge on any atom is -0.354 e. The minimum atomic E-state index is -0.240. The fraction of sp³-hybridized carbons (Fsp3) is 0.667. The number of anilines is 1. The van der Waals surface area contributed by atoms with E-state index < -0.39 is 0 Å². The van der Waals surface area contributed by atoms with Crippen molar-refractivity contribution in [2.45, 2.75) is 26.7 Å². The molecule has 20 heavy (non-hydrogen) atoms. The van der Waals surface area contributed by atoms with E-state index in [1.54, 1.807) is 6.20 Å². The highest BCUT2D eigenvalue weighted by atomic mass is 79.9. The first-order valence-electron chi connectivity index (χ1n) is 7.33. The summed E-state index contributed by atoms with van der Waals surface area (Å²) in [5.41, 5.74) is 0. The molecule has 0 saturated carbocycles. The van der Waals surface area contributed by atoms with Gasteiger partial charge in [0, 0.05) is 23.8 Å². The molecular formula is C15H23BrFN3. The fourth-order valence-electron chi connectivity index (χ4n) is 2.57. The molecular weight excluding hydrogens is 321 g/mol. The average Bonchev–Trinajstić information content (AvgIpc) is 2.39. The van der Waals surface area contributed by atoms with E-state index in [-0.39, 0.29) is 5.82 Å². The third-order valence-corrected chi connectivity index (χ3v) is 4.12. The monoisotopic (exact) mass is 343 g/mol. The zero-order valence-electron chi connectivity index (χ0n) is 12.2. The third kappa shape index (κ3) is 4.42. The second-order valence-corrected chi connectivity index (χ2v) is 6.86. The maximum atomic E-state index is 13.9. The van der Waals surface area contributed by atoms with Crippen LogP contribution in [0.25, 0.3) is 0 Å². The average molecular weight is 344 g/mol. The molecule has 0 spiro atoms. The smallest absolute Gasteiger partial charge is 0.166 e. The number of nitrogens with one attached hydrogen (secondary N) is 1. The molecule has 1 aromatic rings. The van der Waals surface area contributed by atoms with E-state index in [9.17, 15) is 4.39 Å². The van der Waals surface area contributed by atoms with E-state index >= 15 is 0 Å². The van der Waals surface area contributed by atoms with Gasteiger partial charge >= 0.3 is 0 Å². The molecule has 0 aromatic carbocycles. The van der Waals surface area contributed by atoms with Crippen molar-refractivity contribution in [3.8, 4) is 0 Å². The van der Waals surface area contributed by atoms with Crippen LogP contribution in [0.15, 0.2) is 16.7 Å². The maximum absolute atomic E-state index is 13.9. The molecule has 1 fully saturated rings. The summed E-state index contributed by atoms with van der Waals surface area (Å²) >= 11 is 3.24. The first-order valence-corrected chi connectivity index (χ1v) is 8.12. The van der Waals surface area contributed by atoms with E-state index in [0.717, 1.165) is 39.0 Å². The first-order chi connectivity index (χ1) is 9.56. The van der Waals surface area contributed by atoms with E-state index in [4.69, 9.17) is 0 Å². The lowest BCUT2D eigenvalue weighted by atomic mass is 9.96. The fourth-order valence-corrected chi connectivity index (χ4v) is 2.87. The van der Waals surface area contributed by atoms with Crippen molar-refractivity contribution < 1.29 is 4.39 Å². The third-order valence-electron chi connectivity index (χ3n) is 3.69. The predicted molar refractivity (Wildman–Crippen MR) is 84.5 cm³/mol. The molecule has 112 valence electrons. The topological polar surface area (TPSA) is 28.2 Å². The summed E-state index contributed by atoms with van der Waals surface area (Å²) in [7, 11) is 0. The van der Waals surface area contributed by atoms with Gasteiger partial charge in [0.2, 0.25) is 0 Å². The maximum Gasteiger partial charge on any atom is 0.166 e. The predicted octanol–water partition coefficient (Wildman–Crippen LogP) is 3.45. The molecule has 1 aromatic heterocycles. The molecule has 0 amide bonds. The highest BCUT2D eigenvalue weighted by Crippen LogP contribution is 2.25. The Morgan fingerprint density at radius 1 is 1.45 bits per heavy atom. The van der Waals surface area contributed by atoms with Gasteiger partial charge in [-0.15, -0.1) is 0 Å². The Bertz CT molecular complexity index is 431. The summed E-state index contributed by atoms with van der Waals surface area (Å²) < 4.78 is 14.6. The quantitative estimate of drug-likeness (QED) is 0.887. The molecule has 5 heteroatoms. The van der Waals surface area contributed by atoms with Crippen LogP contribution in [-0.4, -0.2) is 31.2 Å². The summed E-state index contributed by atoms with van der Waals surface area (Å²) in [5, 5.41) is 3.51.